The SMILES string of the molecule is NCCN1CCC2(CCC(C(=O)O)C2)C1. The summed E-state index contributed by atoms with van der Waals surface area (Å²) in [7, 11) is 0. The Hall–Kier alpha value is -0.610. The van der Waals surface area contributed by atoms with Crippen LogP contribution < -0.4 is 5.73 Å². The molecule has 3 N–H and O–H groups in total. The van der Waals surface area contributed by atoms with Crippen molar-refractivity contribution in [1.29, 1.82) is 0 Å². The number of nitrogens with two attached hydrogens (primary N) is 1. The molecule has 1 aliphatic carbocycles. The fraction of sp³-hybridized carbons (Fsp3) is 0.909. The highest BCUT2D eigenvalue weighted by Gasteiger charge is 2.45. The molecule has 86 valence electrons. The molecule has 0 radical (unpaired) electrons. The van der Waals surface area contributed by atoms with E-state index in [1.54, 1.807) is 0 Å². The van der Waals surface area contributed by atoms with Crippen LogP contribution in [-0.4, -0.2) is 42.2 Å². The third kappa shape index (κ3) is 2.16. The number of hydrogen-bond donors (Lipinski definition) is 2. The van der Waals surface area contributed by atoms with E-state index >= 15 is 0 Å². The van der Waals surface area contributed by atoms with Gasteiger partial charge >= 0.3 is 5.97 Å². The van der Waals surface area contributed by atoms with Gasteiger partial charge in [-0.15, -0.1) is 0 Å². The van der Waals surface area contributed by atoms with Crippen LogP contribution in [0.5, 0.6) is 0 Å². The highest BCUT2D eigenvalue weighted by molar-refractivity contribution is 5.70. The van der Waals surface area contributed by atoms with Crippen LogP contribution in [0, 0.1) is 11.3 Å². The molecule has 2 aliphatic rings. The number of carboxylic acid groups (broad SMARTS) is 1. The Morgan fingerprint density at radius 3 is 2.93 bits per heavy atom. The van der Waals surface area contributed by atoms with Crippen molar-refractivity contribution < 1.29 is 9.90 Å². The summed E-state index contributed by atoms with van der Waals surface area (Å²) in [6, 6.07) is 0. The van der Waals surface area contributed by atoms with Crippen molar-refractivity contribution in [2.24, 2.45) is 17.1 Å². The lowest BCUT2D eigenvalue weighted by Crippen LogP contribution is -2.30. The lowest BCUT2D eigenvalue weighted by molar-refractivity contribution is -0.141. The maximum atomic E-state index is 10.9. The molecule has 2 fully saturated rings. The van der Waals surface area contributed by atoms with Gasteiger partial charge in [0.05, 0.1) is 5.92 Å². The predicted octanol–water partition coefficient (Wildman–Crippen LogP) is 0.522. The first-order valence-corrected chi connectivity index (χ1v) is 5.80. The molecule has 1 saturated carbocycles. The Morgan fingerprint density at radius 2 is 2.33 bits per heavy atom. The molecule has 0 aromatic carbocycles. The first-order chi connectivity index (χ1) is 7.15. The number of carbonyl (C=O) groups is 1. The summed E-state index contributed by atoms with van der Waals surface area (Å²) in [5.74, 6) is -0.702. The average molecular weight is 212 g/mol. The second kappa shape index (κ2) is 4.10. The summed E-state index contributed by atoms with van der Waals surface area (Å²) in [6.45, 7) is 3.83. The molecule has 2 unspecified atom stereocenters. The minimum atomic E-state index is -0.607. The van der Waals surface area contributed by atoms with Gasteiger partial charge in [0.15, 0.2) is 0 Å². The average Bonchev–Trinajstić information content (AvgIpc) is 2.76. The van der Waals surface area contributed by atoms with Gasteiger partial charge in [-0.05, 0) is 37.6 Å². The highest BCUT2D eigenvalue weighted by atomic mass is 16.4. The largest absolute Gasteiger partial charge is 0.481 e. The third-order valence-corrected chi connectivity index (χ3v) is 4.01. The summed E-state index contributed by atoms with van der Waals surface area (Å²) < 4.78 is 0. The molecular formula is C11H20N2O2. The summed E-state index contributed by atoms with van der Waals surface area (Å²) in [4.78, 5) is 13.3. The molecule has 0 amide bonds. The van der Waals surface area contributed by atoms with Crippen LogP contribution in [0.4, 0.5) is 0 Å². The standard InChI is InChI=1S/C11H20N2O2/c12-4-6-13-5-3-11(8-13)2-1-9(7-11)10(14)15/h9H,1-8,12H2,(H,14,15). The van der Waals surface area contributed by atoms with Crippen molar-refractivity contribution in [3.8, 4) is 0 Å². The van der Waals surface area contributed by atoms with Crippen molar-refractivity contribution in [2.45, 2.75) is 25.7 Å². The van der Waals surface area contributed by atoms with Crippen LogP contribution in [0.1, 0.15) is 25.7 Å². The predicted molar refractivity (Wildman–Crippen MR) is 57.5 cm³/mol. The third-order valence-electron chi connectivity index (χ3n) is 4.01. The van der Waals surface area contributed by atoms with E-state index < -0.39 is 5.97 Å². The topological polar surface area (TPSA) is 66.6 Å². The molecular weight excluding hydrogens is 192 g/mol. The Bertz CT molecular complexity index is 257. The Kier molecular flexibility index (Phi) is 2.98. The molecule has 0 bridgehead atoms. The lowest BCUT2D eigenvalue weighted by atomic mass is 9.84. The van der Waals surface area contributed by atoms with Gasteiger partial charge in [-0.3, -0.25) is 4.79 Å². The van der Waals surface area contributed by atoms with Crippen molar-refractivity contribution in [3.05, 3.63) is 0 Å². The number of carboxylic acids is 1. The van der Waals surface area contributed by atoms with Crippen molar-refractivity contribution >= 4 is 5.97 Å². The summed E-state index contributed by atoms with van der Waals surface area (Å²) >= 11 is 0. The van der Waals surface area contributed by atoms with Gasteiger partial charge in [0.25, 0.3) is 0 Å². The highest BCUT2D eigenvalue weighted by Crippen LogP contribution is 2.47. The van der Waals surface area contributed by atoms with Crippen LogP contribution in [0.3, 0.4) is 0 Å². The minimum Gasteiger partial charge on any atom is -0.481 e. The quantitative estimate of drug-likeness (QED) is 0.716. The van der Waals surface area contributed by atoms with E-state index in [-0.39, 0.29) is 5.92 Å². The monoisotopic (exact) mass is 212 g/mol. The van der Waals surface area contributed by atoms with Gasteiger partial charge in [-0.25, -0.2) is 0 Å². The van der Waals surface area contributed by atoms with Crippen LogP contribution in [-0.2, 0) is 4.79 Å². The zero-order chi connectivity index (χ0) is 10.9. The molecule has 1 heterocycles. The number of likely N-dealkylation sites (tertiary alicyclic amines) is 1. The van der Waals surface area contributed by atoms with Crippen LogP contribution in [0.25, 0.3) is 0 Å². The van der Waals surface area contributed by atoms with Gasteiger partial charge in [0, 0.05) is 19.6 Å². The maximum absolute atomic E-state index is 10.9. The number of nitrogens with zero attached hydrogens (tertiary/aromatic N) is 1. The molecule has 0 aromatic rings. The minimum absolute atomic E-state index is 0.0946. The number of aliphatic carboxylic acids is 1. The second-order valence-corrected chi connectivity index (χ2v) is 5.09. The maximum Gasteiger partial charge on any atom is 0.306 e. The van der Waals surface area contributed by atoms with Gasteiger partial charge in [0.2, 0.25) is 0 Å². The van der Waals surface area contributed by atoms with E-state index in [1.807, 2.05) is 0 Å². The van der Waals surface area contributed by atoms with Crippen molar-refractivity contribution in [2.75, 3.05) is 26.2 Å². The molecule has 4 heteroatoms. The van der Waals surface area contributed by atoms with E-state index in [4.69, 9.17) is 10.8 Å². The van der Waals surface area contributed by atoms with Crippen LogP contribution >= 0.6 is 0 Å². The summed E-state index contributed by atoms with van der Waals surface area (Å²) in [5, 5.41) is 8.99. The molecule has 1 saturated heterocycles. The Balaban J connectivity index is 1.92. The first kappa shape index (κ1) is 10.9. The fourth-order valence-corrected chi connectivity index (χ4v) is 3.19. The summed E-state index contributed by atoms with van der Waals surface area (Å²) in [5.41, 5.74) is 5.84. The number of rotatable bonds is 3. The Labute approximate surface area is 90.4 Å². The Morgan fingerprint density at radius 1 is 1.53 bits per heavy atom. The van der Waals surface area contributed by atoms with Crippen LogP contribution in [0.15, 0.2) is 0 Å². The molecule has 1 aliphatic heterocycles. The van der Waals surface area contributed by atoms with E-state index in [0.717, 1.165) is 45.3 Å². The molecule has 0 aromatic heterocycles. The molecule has 2 rings (SSSR count). The van der Waals surface area contributed by atoms with Gasteiger partial charge < -0.3 is 15.7 Å². The summed E-state index contributed by atoms with van der Waals surface area (Å²) in [6.07, 6.45) is 4.00. The zero-order valence-electron chi connectivity index (χ0n) is 9.11. The van der Waals surface area contributed by atoms with Gasteiger partial charge in [-0.2, -0.15) is 0 Å². The van der Waals surface area contributed by atoms with Crippen molar-refractivity contribution in [3.63, 3.8) is 0 Å². The van der Waals surface area contributed by atoms with E-state index in [0.29, 0.717) is 12.0 Å². The van der Waals surface area contributed by atoms with Crippen LogP contribution in [0.2, 0.25) is 0 Å². The first-order valence-electron chi connectivity index (χ1n) is 5.80. The zero-order valence-corrected chi connectivity index (χ0v) is 9.11. The molecule has 15 heavy (non-hydrogen) atoms. The smallest absolute Gasteiger partial charge is 0.306 e. The van der Waals surface area contributed by atoms with Gasteiger partial charge in [0.1, 0.15) is 0 Å². The van der Waals surface area contributed by atoms with E-state index in [9.17, 15) is 4.79 Å². The van der Waals surface area contributed by atoms with E-state index in [2.05, 4.69) is 4.90 Å². The van der Waals surface area contributed by atoms with E-state index in [1.165, 1.54) is 0 Å². The normalized spacial score (nSPS) is 36.5. The number of hydrogen-bond acceptors (Lipinski definition) is 3. The molecule has 2 atom stereocenters. The second-order valence-electron chi connectivity index (χ2n) is 5.09. The fourth-order valence-electron chi connectivity index (χ4n) is 3.19. The van der Waals surface area contributed by atoms with Gasteiger partial charge in [-0.1, -0.05) is 0 Å². The molecule has 4 nitrogen and oxygen atoms in total. The van der Waals surface area contributed by atoms with Crippen molar-refractivity contribution in [1.82, 2.24) is 4.90 Å². The lowest BCUT2D eigenvalue weighted by Gasteiger charge is -2.23. The molecule has 1 spiro atoms.